The molecule has 0 amide bonds. The van der Waals surface area contributed by atoms with E-state index >= 15 is 0 Å². The van der Waals surface area contributed by atoms with Gasteiger partial charge in [0.05, 0.1) is 0 Å². The molecule has 0 spiro atoms. The molecule has 0 atom stereocenters. The van der Waals surface area contributed by atoms with Crippen LogP contribution in [-0.2, 0) is 24.3 Å². The van der Waals surface area contributed by atoms with Crippen LogP contribution >= 0.6 is 0 Å². The second-order valence-electron chi connectivity index (χ2n) is 4.18. The molecule has 0 aliphatic heterocycles. The minimum atomic E-state index is -5.84. The van der Waals surface area contributed by atoms with Gasteiger partial charge in [-0.2, -0.15) is 47.4 Å². The van der Waals surface area contributed by atoms with Gasteiger partial charge < -0.3 is 0 Å². The molecule has 15 heteroatoms. The molecule has 0 saturated heterocycles. The predicted octanol–water partition coefficient (Wildman–Crippen LogP) is 0.412. The lowest BCUT2D eigenvalue weighted by Crippen LogP contribution is -2.34. The molecule has 0 unspecified atom stereocenters. The number of hydrogen-bond donors (Lipinski definition) is 0. The maximum Gasteiger partial charge on any atom is 0.523 e. The van der Waals surface area contributed by atoms with Crippen molar-refractivity contribution in [2.45, 2.75) is 11.0 Å². The third-order valence-corrected chi connectivity index (χ3v) is 4.85. The summed E-state index contributed by atoms with van der Waals surface area (Å²) in [5.41, 5.74) is -11.2. The van der Waals surface area contributed by atoms with Gasteiger partial charge in [-0.05, 0) is 0 Å². The second kappa shape index (κ2) is 6.36. The summed E-state index contributed by atoms with van der Waals surface area (Å²) < 4.78 is 121. The first-order chi connectivity index (χ1) is 10.6. The molecule has 0 aliphatic rings. The van der Waals surface area contributed by atoms with Crippen LogP contribution in [0.5, 0.6) is 0 Å². The van der Waals surface area contributed by atoms with E-state index in [1.807, 2.05) is 0 Å². The Hall–Kier alpha value is -1.61. The molecule has 0 aliphatic carbocycles. The first-order valence-electron chi connectivity index (χ1n) is 5.59. The van der Waals surface area contributed by atoms with Crippen LogP contribution in [0.3, 0.4) is 0 Å². The Morgan fingerprint density at radius 2 is 1.46 bits per heavy atom. The minimum absolute atomic E-state index is 0.0963. The summed E-state index contributed by atoms with van der Waals surface area (Å²) in [6, 6.07) is 1.62. The van der Waals surface area contributed by atoms with E-state index in [0.717, 1.165) is 23.8 Å². The van der Waals surface area contributed by atoms with Gasteiger partial charge in [-0.15, -0.1) is 0 Å². The van der Waals surface area contributed by atoms with E-state index in [-0.39, 0.29) is 9.33 Å². The fourth-order valence-electron chi connectivity index (χ4n) is 1.23. The SMILES string of the molecule is C[N+](COS(=O)(=O)C(F)(F)F)=c1ccn(S(=O)(=O)C(F)(F)F)cc1. The zero-order valence-electron chi connectivity index (χ0n) is 11.5. The van der Waals surface area contributed by atoms with Gasteiger partial charge in [-0.1, -0.05) is 0 Å². The van der Waals surface area contributed by atoms with Crippen molar-refractivity contribution in [1.82, 2.24) is 8.55 Å². The standard InChI is InChI=1S/C9H9F6N2O5S2/c1-16(6-22-24(20,21)9(13,14)15)7-2-4-17(5-3-7)23(18,19)8(10,11)12/h2-5H,6H2,1H3/q+1. The van der Waals surface area contributed by atoms with Crippen LogP contribution in [0, 0.1) is 0 Å². The number of pyridine rings is 1. The van der Waals surface area contributed by atoms with Crippen LogP contribution in [0.1, 0.15) is 0 Å². The summed E-state index contributed by atoms with van der Waals surface area (Å²) >= 11 is 0. The average Bonchev–Trinajstić information content (AvgIpc) is 2.42. The van der Waals surface area contributed by atoms with Crippen LogP contribution in [-0.4, -0.2) is 45.6 Å². The quantitative estimate of drug-likeness (QED) is 0.239. The number of halogens is 6. The maximum absolute atomic E-state index is 12.3. The van der Waals surface area contributed by atoms with Crippen LogP contribution in [0.15, 0.2) is 24.5 Å². The fourth-order valence-corrected chi connectivity index (χ4v) is 2.34. The number of alkyl halides is 6. The second-order valence-corrected chi connectivity index (χ2v) is 7.62. The summed E-state index contributed by atoms with van der Waals surface area (Å²) in [7, 11) is -10.4. The van der Waals surface area contributed by atoms with Gasteiger partial charge in [-0.25, -0.2) is 8.55 Å². The number of nitrogens with zero attached hydrogens (tertiary/aromatic N) is 2. The highest BCUT2D eigenvalue weighted by Gasteiger charge is 2.48. The summed E-state index contributed by atoms with van der Waals surface area (Å²) in [6.07, 6.45) is 0.986. The Bertz CT molecular complexity index is 862. The van der Waals surface area contributed by atoms with E-state index in [2.05, 4.69) is 4.18 Å². The van der Waals surface area contributed by atoms with E-state index in [9.17, 15) is 43.2 Å². The van der Waals surface area contributed by atoms with Crippen molar-refractivity contribution in [1.29, 1.82) is 0 Å². The van der Waals surface area contributed by atoms with Crippen molar-refractivity contribution in [3.63, 3.8) is 0 Å². The molecule has 0 fully saturated rings. The molecule has 138 valence electrons. The molecule has 1 aromatic heterocycles. The van der Waals surface area contributed by atoms with Crippen LogP contribution in [0.2, 0.25) is 0 Å². The molecule has 1 aromatic rings. The molecule has 0 N–H and O–H groups in total. The molecule has 0 aromatic carbocycles. The van der Waals surface area contributed by atoms with Crippen LogP contribution < -0.4 is 9.93 Å². The van der Waals surface area contributed by atoms with E-state index in [0.29, 0.717) is 12.4 Å². The third kappa shape index (κ3) is 4.27. The van der Waals surface area contributed by atoms with Gasteiger partial charge in [0.2, 0.25) is 5.36 Å². The van der Waals surface area contributed by atoms with E-state index in [1.165, 1.54) is 0 Å². The Morgan fingerprint density at radius 3 is 1.83 bits per heavy atom. The summed E-state index contributed by atoms with van der Waals surface area (Å²) in [5.74, 6) is 0. The highest BCUT2D eigenvalue weighted by molar-refractivity contribution is 7.90. The van der Waals surface area contributed by atoms with Gasteiger partial charge in [0, 0.05) is 24.5 Å². The lowest BCUT2D eigenvalue weighted by molar-refractivity contribution is -0.0549. The monoisotopic (exact) mass is 403 g/mol. The summed E-state index contributed by atoms with van der Waals surface area (Å²) in [4.78, 5) is 0. The number of aromatic nitrogens is 1. The Balaban J connectivity index is 3.10. The molecule has 24 heavy (non-hydrogen) atoms. The van der Waals surface area contributed by atoms with Crippen LogP contribution in [0.4, 0.5) is 26.3 Å². The van der Waals surface area contributed by atoms with Crippen molar-refractivity contribution >= 4 is 20.1 Å². The first kappa shape index (κ1) is 20.4. The highest BCUT2D eigenvalue weighted by atomic mass is 32.2. The molecule has 1 rings (SSSR count). The van der Waals surface area contributed by atoms with Crippen molar-refractivity contribution in [2.75, 3.05) is 13.8 Å². The van der Waals surface area contributed by atoms with Gasteiger partial charge in [0.1, 0.15) is 7.05 Å². The molecule has 0 bridgehead atoms. The smallest absolute Gasteiger partial charge is 0.245 e. The van der Waals surface area contributed by atoms with Crippen LogP contribution in [0.25, 0.3) is 0 Å². The maximum atomic E-state index is 12.3. The third-order valence-electron chi connectivity index (χ3n) is 2.48. The highest BCUT2D eigenvalue weighted by Crippen LogP contribution is 2.25. The van der Waals surface area contributed by atoms with E-state index in [4.69, 9.17) is 0 Å². The topological polar surface area (TPSA) is 85.4 Å². The van der Waals surface area contributed by atoms with Crippen molar-refractivity contribution < 1.29 is 47.4 Å². The number of hydrogen-bond acceptors (Lipinski definition) is 5. The Morgan fingerprint density at radius 1 is 1.00 bits per heavy atom. The lowest BCUT2D eigenvalue weighted by atomic mass is 10.4. The fraction of sp³-hybridized carbons (Fsp3) is 0.444. The molecule has 0 radical (unpaired) electrons. The molecular weight excluding hydrogens is 394 g/mol. The zero-order valence-corrected chi connectivity index (χ0v) is 13.2. The average molecular weight is 403 g/mol. The van der Waals surface area contributed by atoms with Gasteiger partial charge in [0.15, 0.2) is 0 Å². The largest absolute Gasteiger partial charge is 0.523 e. The lowest BCUT2D eigenvalue weighted by Gasteiger charge is -2.10. The first-order valence-corrected chi connectivity index (χ1v) is 8.44. The Kier molecular flexibility index (Phi) is 5.42. The van der Waals surface area contributed by atoms with Crippen molar-refractivity contribution in [3.8, 4) is 0 Å². The van der Waals surface area contributed by atoms with Gasteiger partial charge in [0.25, 0.3) is 6.73 Å². The Labute approximate surface area is 131 Å². The number of rotatable bonds is 4. The molecule has 1 heterocycles. The minimum Gasteiger partial charge on any atom is -0.245 e. The van der Waals surface area contributed by atoms with Crippen molar-refractivity contribution in [3.05, 3.63) is 29.9 Å². The van der Waals surface area contributed by atoms with E-state index in [1.54, 1.807) is 0 Å². The molecule has 0 saturated carbocycles. The molecule has 7 nitrogen and oxygen atoms in total. The zero-order chi connectivity index (χ0) is 19.0. The van der Waals surface area contributed by atoms with Crippen molar-refractivity contribution in [2.24, 2.45) is 0 Å². The molecular formula is C9H9F6N2O5S2+. The predicted molar refractivity (Wildman–Crippen MR) is 66.9 cm³/mol. The normalized spacial score (nSPS) is 13.8. The van der Waals surface area contributed by atoms with Gasteiger partial charge in [-0.3, -0.25) is 0 Å². The van der Waals surface area contributed by atoms with E-state index < -0.39 is 37.9 Å². The summed E-state index contributed by atoms with van der Waals surface area (Å²) in [5, 5.41) is -0.0963. The van der Waals surface area contributed by atoms with Gasteiger partial charge >= 0.3 is 31.2 Å². The summed E-state index contributed by atoms with van der Waals surface area (Å²) in [6.45, 7) is -1.10.